The van der Waals surface area contributed by atoms with Crippen molar-refractivity contribution in [1.82, 2.24) is 0 Å². The average molecular weight is 582 g/mol. The smallest absolute Gasteiger partial charge is 1.00 e. The summed E-state index contributed by atoms with van der Waals surface area (Å²) in [5, 5.41) is 0. The van der Waals surface area contributed by atoms with Crippen LogP contribution in [0, 0.1) is 22.9 Å². The van der Waals surface area contributed by atoms with Gasteiger partial charge in [-0.2, -0.15) is 0 Å². The summed E-state index contributed by atoms with van der Waals surface area (Å²) >= 11 is 0. The van der Waals surface area contributed by atoms with Crippen LogP contribution in [0.15, 0.2) is 47.6 Å². The first-order valence-electron chi connectivity index (χ1n) is 14.2. The Morgan fingerprint density at radius 2 is 1.11 bits per heavy atom. The van der Waals surface area contributed by atoms with Crippen molar-refractivity contribution < 1.29 is 46.5 Å². The van der Waals surface area contributed by atoms with Crippen molar-refractivity contribution in [1.29, 1.82) is 0 Å². The van der Waals surface area contributed by atoms with Gasteiger partial charge in [0.15, 0.2) is 0 Å². The largest absolute Gasteiger partial charge is 4.00 e. The van der Waals surface area contributed by atoms with Gasteiger partial charge in [0.2, 0.25) is 0 Å². The maximum atomic E-state index is 2.46. The maximum Gasteiger partial charge on any atom is 4.00 e. The van der Waals surface area contributed by atoms with Gasteiger partial charge in [-0.15, -0.1) is 24.3 Å². The van der Waals surface area contributed by atoms with Crippen molar-refractivity contribution in [2.75, 3.05) is 0 Å². The van der Waals surface area contributed by atoms with E-state index in [1.807, 2.05) is 22.2 Å². The molecule has 5 heteroatoms. The molecule has 192 valence electrons. The van der Waals surface area contributed by atoms with Gasteiger partial charge in [0, 0.05) is 0 Å². The first-order chi connectivity index (χ1) is 15.7. The molecule has 2 saturated carbocycles. The minimum Gasteiger partial charge on any atom is -1.00 e. The molecule has 0 N–H and O–H groups in total. The molecule has 4 fully saturated rings. The molecule has 4 aliphatic carbocycles. The third-order valence-electron chi connectivity index (χ3n) is 10.1. The minimum absolute atomic E-state index is 0. The molecule has 6 aliphatic rings. The molecule has 0 spiro atoms. The van der Waals surface area contributed by atoms with Crippen molar-refractivity contribution in [2.24, 2.45) is 11.8 Å². The van der Waals surface area contributed by atoms with Crippen molar-refractivity contribution >= 4 is 16.1 Å². The first-order valence-corrected chi connectivity index (χ1v) is 19.4. The molecule has 0 aromatic carbocycles. The Hall–Kier alpha value is 0.428. The van der Waals surface area contributed by atoms with E-state index >= 15 is 0 Å². The van der Waals surface area contributed by atoms with Crippen molar-refractivity contribution in [3.63, 3.8) is 0 Å². The fourth-order valence-corrected chi connectivity index (χ4v) is 18.5. The van der Waals surface area contributed by atoms with Crippen LogP contribution in [0.3, 0.4) is 0 Å². The summed E-state index contributed by atoms with van der Waals surface area (Å²) in [6.07, 6.45) is 28.7. The van der Waals surface area contributed by atoms with Crippen LogP contribution in [0.1, 0.15) is 78.1 Å². The van der Waals surface area contributed by atoms with Gasteiger partial charge >= 0.3 is 21.7 Å². The summed E-state index contributed by atoms with van der Waals surface area (Å²) in [7, 11) is -1.81. The molecule has 2 unspecified atom stereocenters. The zero-order valence-electron chi connectivity index (χ0n) is 22.2. The Kier molecular flexibility index (Phi) is 12.7. The van der Waals surface area contributed by atoms with Crippen molar-refractivity contribution in [3.05, 3.63) is 58.7 Å². The Balaban J connectivity index is 0.000000227. The Morgan fingerprint density at radius 1 is 0.714 bits per heavy atom. The molecule has 35 heavy (non-hydrogen) atoms. The molecular weight excluding hydrogens is 535 g/mol. The van der Waals surface area contributed by atoms with E-state index < -0.39 is 16.1 Å². The van der Waals surface area contributed by atoms with Crippen molar-refractivity contribution in [3.8, 4) is 0 Å². The zero-order chi connectivity index (χ0) is 22.0. The second-order valence-electron chi connectivity index (χ2n) is 11.8. The Labute approximate surface area is 246 Å². The molecule has 0 aromatic rings. The molecule has 2 aliphatic heterocycles. The second kappa shape index (κ2) is 14.0. The predicted octanol–water partition coefficient (Wildman–Crippen LogP) is 3.32. The fourth-order valence-electron chi connectivity index (χ4n) is 8.23. The normalized spacial score (nSPS) is 28.3. The quantitative estimate of drug-likeness (QED) is 0.334. The molecule has 0 bridgehead atoms. The molecule has 0 amide bonds. The Bertz CT molecular complexity index is 728. The standard InChI is InChI=1S/2C15H23Si.2ClH.Ti/c2*1-2-10-16(11-5-12-16)15-9-8-13-6-3-4-7-14(13)15;;;/h2*3-4,7,13H,2,5-6,8-12H2,1H3;2*1H;/q2*-1;;;+4/p-2. The van der Waals surface area contributed by atoms with E-state index in [0.29, 0.717) is 0 Å². The molecule has 2 heterocycles. The molecular formula is C30H46Cl2Si2Ti. The molecule has 2 atom stereocenters. The molecule has 0 aromatic heterocycles. The van der Waals surface area contributed by atoms with Crippen LogP contribution in [-0.4, -0.2) is 16.1 Å². The van der Waals surface area contributed by atoms with E-state index in [9.17, 15) is 0 Å². The molecule has 0 radical (unpaired) electrons. The van der Waals surface area contributed by atoms with Crippen LogP contribution in [0.25, 0.3) is 0 Å². The van der Waals surface area contributed by atoms with Crippen LogP contribution < -0.4 is 24.8 Å². The van der Waals surface area contributed by atoms with Crippen molar-refractivity contribution in [2.45, 2.75) is 114 Å². The first kappa shape index (κ1) is 31.6. The molecule has 6 rings (SSSR count). The number of hydrogen-bond donors (Lipinski definition) is 0. The SMILES string of the molecule is CCC[Si]1([C-]2CCC3CC=CC=C23)CCC1.CCC[Si]1([C-]2CCC3CC=CC=C23)CCC1.[Cl-].[Cl-].[Ti+4]. The van der Waals surface area contributed by atoms with Gasteiger partial charge in [-0.1, -0.05) is 101 Å². The van der Waals surface area contributed by atoms with Gasteiger partial charge < -0.3 is 24.8 Å². The van der Waals surface area contributed by atoms with Crippen LogP contribution in [0.5, 0.6) is 0 Å². The number of rotatable bonds is 6. The number of fused-ring (bicyclic) bond motifs is 2. The van der Waals surface area contributed by atoms with Crippen LogP contribution in [0.4, 0.5) is 0 Å². The molecule has 2 saturated heterocycles. The average Bonchev–Trinajstić information content (AvgIpc) is 3.39. The number of allylic oxidation sites excluding steroid dienone is 8. The summed E-state index contributed by atoms with van der Waals surface area (Å²) < 4.78 is 0. The Morgan fingerprint density at radius 3 is 1.43 bits per heavy atom. The fraction of sp³-hybridized carbons (Fsp3) is 0.667. The van der Waals surface area contributed by atoms with Crippen LogP contribution in [-0.2, 0) is 21.7 Å². The topological polar surface area (TPSA) is 0 Å². The van der Waals surface area contributed by atoms with Gasteiger partial charge in [0.25, 0.3) is 0 Å². The molecule has 0 nitrogen and oxygen atoms in total. The van der Waals surface area contributed by atoms with E-state index in [-0.39, 0.29) is 46.5 Å². The van der Waals surface area contributed by atoms with E-state index in [2.05, 4.69) is 50.3 Å². The number of halogens is 2. The van der Waals surface area contributed by atoms with E-state index in [1.54, 1.807) is 36.3 Å². The summed E-state index contributed by atoms with van der Waals surface area (Å²) in [5.74, 6) is 1.84. The summed E-state index contributed by atoms with van der Waals surface area (Å²) in [6, 6.07) is 9.62. The predicted molar refractivity (Wildman–Crippen MR) is 146 cm³/mol. The summed E-state index contributed by atoms with van der Waals surface area (Å²) in [6.45, 7) is 4.77. The third kappa shape index (κ3) is 6.20. The zero-order valence-corrected chi connectivity index (χ0v) is 27.3. The van der Waals surface area contributed by atoms with E-state index in [1.165, 1.54) is 64.2 Å². The van der Waals surface area contributed by atoms with E-state index in [0.717, 1.165) is 11.8 Å². The van der Waals surface area contributed by atoms with E-state index in [4.69, 9.17) is 0 Å². The van der Waals surface area contributed by atoms with Crippen LogP contribution >= 0.6 is 0 Å². The van der Waals surface area contributed by atoms with Gasteiger partial charge in [-0.3, -0.25) is 0 Å². The van der Waals surface area contributed by atoms with Gasteiger partial charge in [0.05, 0.1) is 0 Å². The maximum absolute atomic E-state index is 2.46. The van der Waals surface area contributed by atoms with Gasteiger partial charge in [-0.05, 0) is 40.8 Å². The third-order valence-corrected chi connectivity index (χ3v) is 21.9. The summed E-state index contributed by atoms with van der Waals surface area (Å²) in [4.78, 5) is 0. The minimum atomic E-state index is -0.904. The number of hydrogen-bond acceptors (Lipinski definition) is 0. The van der Waals surface area contributed by atoms with Gasteiger partial charge in [-0.25, -0.2) is 34.4 Å². The van der Waals surface area contributed by atoms with Crippen LogP contribution in [0.2, 0.25) is 36.3 Å². The second-order valence-corrected chi connectivity index (χ2v) is 21.1. The summed E-state index contributed by atoms with van der Waals surface area (Å²) in [5.41, 5.74) is 7.63. The van der Waals surface area contributed by atoms with Gasteiger partial charge in [0.1, 0.15) is 0 Å². The monoisotopic (exact) mass is 580 g/mol.